The first-order chi connectivity index (χ1) is 8.59. The van der Waals surface area contributed by atoms with Gasteiger partial charge in [0.05, 0.1) is 18.1 Å². The maximum atomic E-state index is 11.2. The lowest BCUT2D eigenvalue weighted by molar-refractivity contribution is -0.144. The van der Waals surface area contributed by atoms with Gasteiger partial charge in [-0.05, 0) is 25.7 Å². The van der Waals surface area contributed by atoms with Crippen LogP contribution in [0.2, 0.25) is 0 Å². The summed E-state index contributed by atoms with van der Waals surface area (Å²) in [6.45, 7) is 0. The Morgan fingerprint density at radius 2 is 1.89 bits per heavy atom. The van der Waals surface area contributed by atoms with Gasteiger partial charge in [-0.25, -0.2) is 0 Å². The van der Waals surface area contributed by atoms with Crippen LogP contribution in [0.4, 0.5) is 0 Å². The van der Waals surface area contributed by atoms with Crippen LogP contribution in [0.15, 0.2) is 12.2 Å². The van der Waals surface area contributed by atoms with Crippen molar-refractivity contribution in [3.8, 4) is 0 Å². The molecule has 0 saturated carbocycles. The summed E-state index contributed by atoms with van der Waals surface area (Å²) in [5, 5.41) is 17.7. The van der Waals surface area contributed by atoms with E-state index in [0.29, 0.717) is 12.8 Å². The lowest BCUT2D eigenvalue weighted by atomic mass is 9.77. The highest BCUT2D eigenvalue weighted by molar-refractivity contribution is 5.72. The van der Waals surface area contributed by atoms with E-state index in [1.54, 1.807) is 0 Å². The van der Waals surface area contributed by atoms with Crippen LogP contribution in [-0.4, -0.2) is 34.4 Å². The van der Waals surface area contributed by atoms with Gasteiger partial charge in [-0.3, -0.25) is 9.59 Å². The van der Waals surface area contributed by atoms with Crippen molar-refractivity contribution >= 4 is 11.9 Å². The van der Waals surface area contributed by atoms with E-state index in [1.165, 1.54) is 0 Å². The minimum Gasteiger partial charge on any atom is -0.481 e. The number of carboxylic acid groups (broad SMARTS) is 2. The first-order valence-electron chi connectivity index (χ1n) is 6.34. The van der Waals surface area contributed by atoms with Gasteiger partial charge in [0.15, 0.2) is 0 Å². The quantitative estimate of drug-likeness (QED) is 0.704. The van der Waals surface area contributed by atoms with Crippen LogP contribution in [0.5, 0.6) is 0 Å². The van der Waals surface area contributed by atoms with Crippen LogP contribution in [0.1, 0.15) is 32.1 Å². The molecule has 2 rings (SSSR count). The zero-order chi connectivity index (χ0) is 13.1. The standard InChI is InChI=1S/C13H18O5/c14-11(15)5-3-1-2-4-8-9-6-7-10(18-9)12(8)13(16)17/h1-2,8-10,12H,3-7H2,(H,14,15)(H,16,17)/t8-,9-,10+,12-/m1/s1. The molecule has 2 fully saturated rings. The number of carbonyl (C=O) groups is 2. The van der Waals surface area contributed by atoms with Crippen LogP contribution in [0.3, 0.4) is 0 Å². The molecule has 4 atom stereocenters. The van der Waals surface area contributed by atoms with Crippen molar-refractivity contribution in [3.63, 3.8) is 0 Å². The van der Waals surface area contributed by atoms with E-state index in [0.717, 1.165) is 12.8 Å². The summed E-state index contributed by atoms with van der Waals surface area (Å²) in [6.07, 6.45) is 6.74. The average Bonchev–Trinajstić information content (AvgIpc) is 2.87. The molecule has 2 heterocycles. The summed E-state index contributed by atoms with van der Waals surface area (Å²) in [4.78, 5) is 21.5. The molecule has 5 nitrogen and oxygen atoms in total. The predicted molar refractivity (Wildman–Crippen MR) is 63.1 cm³/mol. The Labute approximate surface area is 105 Å². The molecular formula is C13H18O5. The Hall–Kier alpha value is -1.36. The molecule has 0 radical (unpaired) electrons. The number of rotatable bonds is 6. The molecule has 2 saturated heterocycles. The van der Waals surface area contributed by atoms with E-state index in [4.69, 9.17) is 9.84 Å². The maximum Gasteiger partial charge on any atom is 0.309 e. The fourth-order valence-electron chi connectivity index (χ4n) is 2.99. The summed E-state index contributed by atoms with van der Waals surface area (Å²) in [5.74, 6) is -1.94. The molecule has 5 heteroatoms. The highest BCUT2D eigenvalue weighted by Gasteiger charge is 2.51. The van der Waals surface area contributed by atoms with Crippen molar-refractivity contribution < 1.29 is 24.5 Å². The van der Waals surface area contributed by atoms with Crippen molar-refractivity contribution in [2.45, 2.75) is 44.3 Å². The van der Waals surface area contributed by atoms with E-state index < -0.39 is 17.9 Å². The second-order valence-electron chi connectivity index (χ2n) is 4.96. The molecular weight excluding hydrogens is 236 g/mol. The molecule has 0 aromatic carbocycles. The smallest absolute Gasteiger partial charge is 0.309 e. The summed E-state index contributed by atoms with van der Waals surface area (Å²) >= 11 is 0. The molecule has 0 aliphatic carbocycles. The van der Waals surface area contributed by atoms with Crippen molar-refractivity contribution in [2.24, 2.45) is 11.8 Å². The van der Waals surface area contributed by atoms with Crippen molar-refractivity contribution in [3.05, 3.63) is 12.2 Å². The molecule has 0 unspecified atom stereocenters. The number of ether oxygens (including phenoxy) is 1. The summed E-state index contributed by atoms with van der Waals surface area (Å²) in [6, 6.07) is 0. The monoisotopic (exact) mass is 254 g/mol. The van der Waals surface area contributed by atoms with Gasteiger partial charge in [0.1, 0.15) is 0 Å². The van der Waals surface area contributed by atoms with Crippen LogP contribution in [-0.2, 0) is 14.3 Å². The fourth-order valence-corrected chi connectivity index (χ4v) is 2.99. The first-order valence-corrected chi connectivity index (χ1v) is 6.34. The van der Waals surface area contributed by atoms with Crippen molar-refractivity contribution in [2.75, 3.05) is 0 Å². The lowest BCUT2D eigenvalue weighted by Gasteiger charge is -2.23. The molecule has 18 heavy (non-hydrogen) atoms. The number of fused-ring (bicyclic) bond motifs is 2. The Kier molecular flexibility index (Phi) is 4.01. The zero-order valence-corrected chi connectivity index (χ0v) is 10.1. The number of hydrogen-bond acceptors (Lipinski definition) is 3. The van der Waals surface area contributed by atoms with Gasteiger partial charge in [0.25, 0.3) is 0 Å². The number of aliphatic carboxylic acids is 2. The van der Waals surface area contributed by atoms with Crippen LogP contribution in [0, 0.1) is 11.8 Å². The normalized spacial score (nSPS) is 34.2. The Morgan fingerprint density at radius 1 is 1.17 bits per heavy atom. The molecule has 2 bridgehead atoms. The van der Waals surface area contributed by atoms with Crippen molar-refractivity contribution in [1.29, 1.82) is 0 Å². The van der Waals surface area contributed by atoms with Gasteiger partial charge < -0.3 is 14.9 Å². The third kappa shape index (κ3) is 2.72. The Bertz CT molecular complexity index is 362. The van der Waals surface area contributed by atoms with Gasteiger partial charge in [0.2, 0.25) is 0 Å². The predicted octanol–water partition coefficient (Wildman–Crippen LogP) is 1.68. The minimum absolute atomic E-state index is 0.0438. The van der Waals surface area contributed by atoms with E-state index in [9.17, 15) is 14.7 Å². The van der Waals surface area contributed by atoms with Crippen LogP contribution >= 0.6 is 0 Å². The molecule has 100 valence electrons. The largest absolute Gasteiger partial charge is 0.481 e. The Balaban J connectivity index is 1.84. The van der Waals surface area contributed by atoms with Gasteiger partial charge in [-0.2, -0.15) is 0 Å². The molecule has 0 aromatic heterocycles. The molecule has 2 aliphatic heterocycles. The highest BCUT2D eigenvalue weighted by Crippen LogP contribution is 2.45. The van der Waals surface area contributed by atoms with E-state index in [-0.39, 0.29) is 24.5 Å². The highest BCUT2D eigenvalue weighted by atomic mass is 16.5. The fraction of sp³-hybridized carbons (Fsp3) is 0.692. The molecule has 0 aromatic rings. The molecule has 0 spiro atoms. The third-order valence-corrected chi connectivity index (χ3v) is 3.81. The molecule has 2 N–H and O–H groups in total. The van der Waals surface area contributed by atoms with Crippen LogP contribution in [0.25, 0.3) is 0 Å². The summed E-state index contributed by atoms with van der Waals surface area (Å²) in [5.41, 5.74) is 0. The maximum absolute atomic E-state index is 11.2. The Morgan fingerprint density at radius 3 is 2.56 bits per heavy atom. The molecule has 0 amide bonds. The topological polar surface area (TPSA) is 83.8 Å². The van der Waals surface area contributed by atoms with Gasteiger partial charge in [-0.15, -0.1) is 0 Å². The van der Waals surface area contributed by atoms with Gasteiger partial charge in [0, 0.05) is 12.3 Å². The zero-order valence-electron chi connectivity index (χ0n) is 10.1. The minimum atomic E-state index is -0.814. The third-order valence-electron chi connectivity index (χ3n) is 3.81. The van der Waals surface area contributed by atoms with E-state index >= 15 is 0 Å². The SMILES string of the molecule is O=C(O)CCC=CC[C@H]1[C@@H](C(=O)O)[C@@H]2CC[C@H]1O2. The summed E-state index contributed by atoms with van der Waals surface area (Å²) < 4.78 is 5.65. The average molecular weight is 254 g/mol. The first kappa shape index (κ1) is 13.1. The van der Waals surface area contributed by atoms with Gasteiger partial charge >= 0.3 is 11.9 Å². The van der Waals surface area contributed by atoms with Crippen LogP contribution < -0.4 is 0 Å². The number of hydrogen-bond donors (Lipinski definition) is 2. The lowest BCUT2D eigenvalue weighted by Crippen LogP contribution is -2.33. The summed E-state index contributed by atoms with van der Waals surface area (Å²) in [7, 11) is 0. The second kappa shape index (κ2) is 5.52. The second-order valence-corrected chi connectivity index (χ2v) is 4.96. The number of allylic oxidation sites excluding steroid dienone is 2. The van der Waals surface area contributed by atoms with E-state index in [1.807, 2.05) is 12.2 Å². The number of carboxylic acids is 2. The van der Waals surface area contributed by atoms with Gasteiger partial charge in [-0.1, -0.05) is 12.2 Å². The van der Waals surface area contributed by atoms with Crippen molar-refractivity contribution in [1.82, 2.24) is 0 Å². The molecule has 2 aliphatic rings. The van der Waals surface area contributed by atoms with E-state index in [2.05, 4.69) is 0 Å².